The quantitative estimate of drug-likeness (QED) is 0.409. The Bertz CT molecular complexity index is 1440. The van der Waals surface area contributed by atoms with Crippen molar-refractivity contribution in [1.82, 2.24) is 10.3 Å². The van der Waals surface area contributed by atoms with E-state index in [1.54, 1.807) is 36.5 Å². The number of nitrogens with one attached hydrogen (secondary N) is 1. The van der Waals surface area contributed by atoms with Crippen molar-refractivity contribution in [2.24, 2.45) is 0 Å². The van der Waals surface area contributed by atoms with E-state index in [0.29, 0.717) is 36.6 Å². The summed E-state index contributed by atoms with van der Waals surface area (Å²) in [5.41, 5.74) is 3.24. The molecular formula is C28H23N3O4. The molecule has 1 aromatic heterocycles. The summed E-state index contributed by atoms with van der Waals surface area (Å²) in [5.74, 6) is -0.512. The number of imide groups is 1. The van der Waals surface area contributed by atoms with Crippen molar-refractivity contribution in [2.75, 3.05) is 18.1 Å². The van der Waals surface area contributed by atoms with E-state index in [1.807, 2.05) is 37.3 Å². The van der Waals surface area contributed by atoms with E-state index in [1.165, 1.54) is 12.1 Å². The first-order valence-corrected chi connectivity index (χ1v) is 11.4. The number of para-hydroxylation sites is 1. The molecule has 7 heteroatoms. The average Bonchev–Trinajstić information content (AvgIpc) is 3.14. The number of ether oxygens (including phenoxy) is 1. The molecule has 1 aliphatic heterocycles. The maximum atomic E-state index is 13.1. The summed E-state index contributed by atoms with van der Waals surface area (Å²) >= 11 is 0. The number of hydrogen-bond acceptors (Lipinski definition) is 5. The number of carbonyl (C=O) groups is 3. The zero-order valence-corrected chi connectivity index (χ0v) is 19.2. The normalized spacial score (nSPS) is 12.7. The molecule has 2 heterocycles. The fraction of sp³-hybridized carbons (Fsp3) is 0.143. The molecule has 4 aromatic rings. The number of pyridine rings is 1. The fourth-order valence-electron chi connectivity index (χ4n) is 4.26. The predicted octanol–water partition coefficient (Wildman–Crippen LogP) is 4.41. The first-order valence-electron chi connectivity index (χ1n) is 11.4. The molecule has 0 saturated carbocycles. The number of amides is 3. The predicted molar refractivity (Wildman–Crippen MR) is 133 cm³/mol. The molecular weight excluding hydrogens is 442 g/mol. The largest absolute Gasteiger partial charge is 0.494 e. The summed E-state index contributed by atoms with van der Waals surface area (Å²) in [6, 6.07) is 21.2. The topological polar surface area (TPSA) is 88.6 Å². The summed E-state index contributed by atoms with van der Waals surface area (Å²) in [4.78, 5) is 44.3. The first kappa shape index (κ1) is 22.3. The molecule has 7 nitrogen and oxygen atoms in total. The van der Waals surface area contributed by atoms with Crippen LogP contribution in [0.25, 0.3) is 10.9 Å². The highest BCUT2D eigenvalue weighted by Crippen LogP contribution is 2.30. The van der Waals surface area contributed by atoms with Crippen LogP contribution < -0.4 is 15.0 Å². The molecule has 0 bridgehead atoms. The smallest absolute Gasteiger partial charge is 0.266 e. The molecule has 0 spiro atoms. The molecule has 0 saturated heterocycles. The molecule has 0 unspecified atom stereocenters. The Morgan fingerprint density at radius 1 is 0.943 bits per heavy atom. The number of carbonyl (C=O) groups excluding carboxylic acids is 3. The maximum absolute atomic E-state index is 13.1. The minimum atomic E-state index is -0.453. The molecule has 174 valence electrons. The third-order valence-electron chi connectivity index (χ3n) is 5.95. The van der Waals surface area contributed by atoms with Gasteiger partial charge in [0.15, 0.2) is 0 Å². The lowest BCUT2D eigenvalue weighted by atomic mass is 10.0. The Balaban J connectivity index is 1.29. The van der Waals surface area contributed by atoms with Crippen LogP contribution in [0.3, 0.4) is 0 Å². The molecule has 1 aliphatic rings. The molecule has 5 rings (SSSR count). The number of nitrogens with zero attached hydrogens (tertiary/aromatic N) is 2. The second-order valence-electron chi connectivity index (χ2n) is 8.13. The lowest BCUT2D eigenvalue weighted by Gasteiger charge is -2.14. The highest BCUT2D eigenvalue weighted by molar-refractivity contribution is 6.34. The Kier molecular flexibility index (Phi) is 5.97. The van der Waals surface area contributed by atoms with Gasteiger partial charge in [0, 0.05) is 23.7 Å². The fourth-order valence-corrected chi connectivity index (χ4v) is 4.26. The van der Waals surface area contributed by atoms with Gasteiger partial charge in [-0.2, -0.15) is 0 Å². The van der Waals surface area contributed by atoms with Gasteiger partial charge in [-0.15, -0.1) is 0 Å². The molecule has 0 aliphatic carbocycles. The SMILES string of the molecule is CCOc1ccc(N2C(=O)c3ccc(C(=O)NCCc4cccc5cccnc45)cc3C2=O)cc1. The van der Waals surface area contributed by atoms with Gasteiger partial charge in [0.1, 0.15) is 5.75 Å². The maximum Gasteiger partial charge on any atom is 0.266 e. The summed E-state index contributed by atoms with van der Waals surface area (Å²) in [6.45, 7) is 2.82. The van der Waals surface area contributed by atoms with Gasteiger partial charge in [-0.05, 0) is 67.4 Å². The van der Waals surface area contributed by atoms with Crippen LogP contribution in [0, 0.1) is 0 Å². The van der Waals surface area contributed by atoms with Crippen molar-refractivity contribution in [3.05, 3.63) is 101 Å². The van der Waals surface area contributed by atoms with Crippen molar-refractivity contribution in [3.8, 4) is 5.75 Å². The lowest BCUT2D eigenvalue weighted by Crippen LogP contribution is -2.29. The first-order chi connectivity index (χ1) is 17.1. The summed E-state index contributed by atoms with van der Waals surface area (Å²) in [6.07, 6.45) is 2.37. The van der Waals surface area contributed by atoms with Crippen LogP contribution in [0.15, 0.2) is 79.0 Å². The molecule has 0 fully saturated rings. The highest BCUT2D eigenvalue weighted by atomic mass is 16.5. The second-order valence-corrected chi connectivity index (χ2v) is 8.13. The minimum Gasteiger partial charge on any atom is -0.494 e. The summed E-state index contributed by atoms with van der Waals surface area (Å²) in [7, 11) is 0. The third-order valence-corrected chi connectivity index (χ3v) is 5.95. The lowest BCUT2D eigenvalue weighted by molar-refractivity contribution is 0.0923. The van der Waals surface area contributed by atoms with Crippen LogP contribution >= 0.6 is 0 Å². The van der Waals surface area contributed by atoms with Crippen molar-refractivity contribution >= 4 is 34.3 Å². The van der Waals surface area contributed by atoms with Crippen molar-refractivity contribution in [3.63, 3.8) is 0 Å². The Labute approximate surface area is 202 Å². The van der Waals surface area contributed by atoms with E-state index in [9.17, 15) is 14.4 Å². The number of rotatable bonds is 7. The summed E-state index contributed by atoms with van der Waals surface area (Å²) < 4.78 is 5.43. The number of hydrogen-bond donors (Lipinski definition) is 1. The van der Waals surface area contributed by atoms with Gasteiger partial charge < -0.3 is 10.1 Å². The van der Waals surface area contributed by atoms with Crippen LogP contribution in [0.5, 0.6) is 5.75 Å². The van der Waals surface area contributed by atoms with Crippen LogP contribution in [-0.4, -0.2) is 35.9 Å². The zero-order chi connectivity index (χ0) is 24.4. The van der Waals surface area contributed by atoms with E-state index in [2.05, 4.69) is 10.3 Å². The monoisotopic (exact) mass is 465 g/mol. The van der Waals surface area contributed by atoms with E-state index in [0.717, 1.165) is 21.4 Å². The number of benzene rings is 3. The van der Waals surface area contributed by atoms with Crippen molar-refractivity contribution < 1.29 is 19.1 Å². The van der Waals surface area contributed by atoms with Gasteiger partial charge >= 0.3 is 0 Å². The van der Waals surface area contributed by atoms with Crippen LogP contribution in [0.2, 0.25) is 0 Å². The molecule has 1 N–H and O–H groups in total. The Morgan fingerprint density at radius 2 is 1.71 bits per heavy atom. The molecule has 35 heavy (non-hydrogen) atoms. The highest BCUT2D eigenvalue weighted by Gasteiger charge is 2.37. The van der Waals surface area contributed by atoms with Gasteiger partial charge in [-0.25, -0.2) is 4.90 Å². The van der Waals surface area contributed by atoms with E-state index in [4.69, 9.17) is 4.74 Å². The van der Waals surface area contributed by atoms with Gasteiger partial charge in [0.25, 0.3) is 17.7 Å². The zero-order valence-electron chi connectivity index (χ0n) is 19.2. The van der Waals surface area contributed by atoms with E-state index >= 15 is 0 Å². The molecule has 0 radical (unpaired) electrons. The van der Waals surface area contributed by atoms with Crippen LogP contribution in [0.4, 0.5) is 5.69 Å². The Hall–Kier alpha value is -4.52. The van der Waals surface area contributed by atoms with Crippen LogP contribution in [-0.2, 0) is 6.42 Å². The van der Waals surface area contributed by atoms with E-state index < -0.39 is 11.8 Å². The van der Waals surface area contributed by atoms with Crippen molar-refractivity contribution in [2.45, 2.75) is 13.3 Å². The van der Waals surface area contributed by atoms with Crippen LogP contribution in [0.1, 0.15) is 43.6 Å². The van der Waals surface area contributed by atoms with Gasteiger partial charge in [0.05, 0.1) is 28.9 Å². The van der Waals surface area contributed by atoms with Crippen molar-refractivity contribution in [1.29, 1.82) is 0 Å². The second kappa shape index (κ2) is 9.38. The molecule has 0 atom stereocenters. The summed E-state index contributed by atoms with van der Waals surface area (Å²) in [5, 5.41) is 3.95. The number of anilines is 1. The van der Waals surface area contributed by atoms with Gasteiger partial charge in [-0.1, -0.05) is 24.3 Å². The molecule has 3 aromatic carbocycles. The van der Waals surface area contributed by atoms with Gasteiger partial charge in [0.2, 0.25) is 0 Å². The standard InChI is InChI=1S/C28H23N3O4/c1-2-35-22-11-9-21(10-12-22)31-27(33)23-13-8-20(17-24(23)28(31)34)26(32)30-16-14-19-6-3-5-18-7-4-15-29-25(18)19/h3-13,15,17H,2,14,16H2,1H3,(H,30,32). The molecule has 3 amide bonds. The van der Waals surface area contributed by atoms with E-state index in [-0.39, 0.29) is 17.0 Å². The Morgan fingerprint density at radius 3 is 2.51 bits per heavy atom. The number of fused-ring (bicyclic) bond motifs is 2. The minimum absolute atomic E-state index is 0.217. The average molecular weight is 466 g/mol. The van der Waals surface area contributed by atoms with Gasteiger partial charge in [-0.3, -0.25) is 19.4 Å². The third kappa shape index (κ3) is 4.24. The number of aromatic nitrogens is 1.